The largest absolute Gasteiger partial charge is 0.573 e. The summed E-state index contributed by atoms with van der Waals surface area (Å²) in [6.45, 7) is 0.403. The van der Waals surface area contributed by atoms with E-state index < -0.39 is 35.5 Å². The number of hydrogen-bond donors (Lipinski definition) is 2. The van der Waals surface area contributed by atoms with E-state index in [1.165, 1.54) is 30.5 Å². The average Bonchev–Trinajstić information content (AvgIpc) is 3.23. The van der Waals surface area contributed by atoms with Crippen molar-refractivity contribution in [3.05, 3.63) is 81.6 Å². The van der Waals surface area contributed by atoms with Gasteiger partial charge in [-0.1, -0.05) is 35.3 Å². The molecule has 208 valence electrons. The van der Waals surface area contributed by atoms with Crippen molar-refractivity contribution in [3.63, 3.8) is 0 Å². The molecule has 0 saturated heterocycles. The summed E-state index contributed by atoms with van der Waals surface area (Å²) in [5, 5.41) is 7.02. The summed E-state index contributed by atoms with van der Waals surface area (Å²) in [6.07, 6.45) is -3.37. The highest BCUT2D eigenvalue weighted by Crippen LogP contribution is 2.40. The molecule has 5 rings (SSSR count). The molecule has 2 aromatic heterocycles. The fraction of sp³-hybridized carbons (Fsp3) is 0.160. The van der Waals surface area contributed by atoms with Crippen LogP contribution >= 0.6 is 23.2 Å². The molecular weight excluding hydrogens is 582 g/mol. The first-order valence-electron chi connectivity index (χ1n) is 11.5. The molecule has 2 aromatic carbocycles. The number of nitrogens with zero attached hydrogens (tertiary/aromatic N) is 4. The summed E-state index contributed by atoms with van der Waals surface area (Å²) in [6, 6.07) is 7.05. The molecule has 1 aliphatic heterocycles. The van der Waals surface area contributed by atoms with Crippen molar-refractivity contribution in [1.29, 1.82) is 0 Å². The van der Waals surface area contributed by atoms with Gasteiger partial charge in [0.1, 0.15) is 23.1 Å². The number of nitrogens with one attached hydrogen (secondary N) is 1. The van der Waals surface area contributed by atoms with Crippen LogP contribution in [0, 0.1) is 11.6 Å². The fourth-order valence-corrected chi connectivity index (χ4v) is 4.94. The van der Waals surface area contributed by atoms with Gasteiger partial charge in [-0.25, -0.2) is 23.2 Å². The number of nitrogens with two attached hydrogens (primary N) is 1. The summed E-state index contributed by atoms with van der Waals surface area (Å²) >= 11 is 12.3. The summed E-state index contributed by atoms with van der Waals surface area (Å²) in [5.41, 5.74) is 4.79. The number of alkyl halides is 3. The summed E-state index contributed by atoms with van der Waals surface area (Å²) in [5.74, 6) is -2.28. The second-order valence-corrected chi connectivity index (χ2v) is 9.48. The number of hydrogen-bond acceptors (Lipinski definition) is 5. The van der Waals surface area contributed by atoms with Crippen LogP contribution in [-0.2, 0) is 13.0 Å². The highest BCUT2D eigenvalue weighted by Gasteiger charge is 2.34. The minimum Gasteiger partial charge on any atom is -0.403 e. The number of amides is 2. The molecule has 0 unspecified atom stereocenters. The van der Waals surface area contributed by atoms with Gasteiger partial charge in [0.25, 0.3) is 0 Å². The fourth-order valence-electron chi connectivity index (χ4n) is 4.45. The summed E-state index contributed by atoms with van der Waals surface area (Å²) in [4.78, 5) is 17.2. The number of para-hydroxylation sites is 2. The Morgan fingerprint density at radius 2 is 1.85 bits per heavy atom. The number of anilines is 2. The van der Waals surface area contributed by atoms with Gasteiger partial charge in [-0.2, -0.15) is 5.10 Å². The smallest absolute Gasteiger partial charge is 0.403 e. The quantitative estimate of drug-likeness (QED) is 0.256. The molecule has 0 radical (unpaired) electrons. The van der Waals surface area contributed by atoms with Gasteiger partial charge in [0, 0.05) is 42.9 Å². The standard InChI is InChI=1S/C25H17Cl2F5N6O2/c26-12-7-15(27)23(34-10-12)37-6-5-18-14(11-37)22(13-8-17(29)19(9-16(13)28)35-24(33)39)38(36-18)20-3-1-2-4-21(20)40-25(30,31)32/h1-4,7-10H,5-6,11H2,(H3,33,35,39). The Morgan fingerprint density at radius 3 is 2.55 bits per heavy atom. The van der Waals surface area contributed by atoms with E-state index in [2.05, 4.69) is 14.8 Å². The molecule has 0 aliphatic carbocycles. The first-order valence-corrected chi connectivity index (χ1v) is 12.2. The van der Waals surface area contributed by atoms with E-state index in [1.54, 1.807) is 4.90 Å². The first kappa shape index (κ1) is 27.5. The van der Waals surface area contributed by atoms with E-state index in [0.29, 0.717) is 28.6 Å². The van der Waals surface area contributed by atoms with Crippen molar-refractivity contribution < 1.29 is 31.5 Å². The van der Waals surface area contributed by atoms with E-state index in [-0.39, 0.29) is 34.9 Å². The lowest BCUT2D eigenvalue weighted by molar-refractivity contribution is -0.274. The second-order valence-electron chi connectivity index (χ2n) is 8.63. The number of primary amides is 1. The zero-order chi connectivity index (χ0) is 28.8. The minimum atomic E-state index is -5.03. The van der Waals surface area contributed by atoms with Gasteiger partial charge in [-0.15, -0.1) is 13.2 Å². The van der Waals surface area contributed by atoms with Crippen molar-refractivity contribution in [3.8, 4) is 22.7 Å². The lowest BCUT2D eigenvalue weighted by atomic mass is 9.99. The molecule has 0 fully saturated rings. The van der Waals surface area contributed by atoms with Crippen LogP contribution in [0.4, 0.5) is 38.3 Å². The maximum atomic E-state index is 15.5. The molecule has 15 heteroatoms. The highest BCUT2D eigenvalue weighted by atomic mass is 35.5. The van der Waals surface area contributed by atoms with Gasteiger partial charge in [-0.3, -0.25) is 0 Å². The number of pyridine rings is 1. The normalized spacial score (nSPS) is 13.2. The third-order valence-corrected chi connectivity index (χ3v) is 6.50. The topological polar surface area (TPSA) is 98.3 Å². The van der Waals surface area contributed by atoms with Crippen molar-refractivity contribution in [1.82, 2.24) is 14.8 Å². The molecule has 8 nitrogen and oxygen atoms in total. The van der Waals surface area contributed by atoms with Gasteiger partial charge in [0.2, 0.25) is 0 Å². The Balaban J connectivity index is 1.71. The van der Waals surface area contributed by atoms with E-state index >= 15 is 4.39 Å². The van der Waals surface area contributed by atoms with Crippen molar-refractivity contribution in [2.24, 2.45) is 5.73 Å². The van der Waals surface area contributed by atoms with Crippen LogP contribution in [0.15, 0.2) is 48.7 Å². The monoisotopic (exact) mass is 598 g/mol. The number of urea groups is 1. The van der Waals surface area contributed by atoms with Crippen LogP contribution in [0.5, 0.6) is 5.75 Å². The number of ether oxygens (including phenoxy) is 1. The average molecular weight is 599 g/mol. The van der Waals surface area contributed by atoms with Crippen LogP contribution in [0.25, 0.3) is 16.9 Å². The number of aromatic nitrogens is 3. The predicted octanol–water partition coefficient (Wildman–Crippen LogP) is 6.47. The van der Waals surface area contributed by atoms with E-state index in [4.69, 9.17) is 28.9 Å². The predicted molar refractivity (Wildman–Crippen MR) is 138 cm³/mol. The number of halogens is 7. The number of benzene rings is 2. The zero-order valence-electron chi connectivity index (χ0n) is 20.1. The molecule has 2 amide bonds. The maximum Gasteiger partial charge on any atom is 0.573 e. The van der Waals surface area contributed by atoms with Gasteiger partial charge in [0.05, 0.1) is 27.1 Å². The molecular formula is C25H17Cl2F5N6O2. The van der Waals surface area contributed by atoms with E-state index in [1.807, 2.05) is 5.32 Å². The Bertz CT molecular complexity index is 1630. The zero-order valence-corrected chi connectivity index (χ0v) is 21.6. The molecule has 3 N–H and O–H groups in total. The lowest BCUT2D eigenvalue weighted by Crippen LogP contribution is -2.31. The van der Waals surface area contributed by atoms with Crippen LogP contribution in [0.3, 0.4) is 0 Å². The Kier molecular flexibility index (Phi) is 7.19. The molecule has 0 spiro atoms. The SMILES string of the molecule is NC(=O)Nc1cc(F)c(-c2c3c(nn2-c2ccccc2OC(F)(F)F)CCN(c2ncc(Cl)cc2Cl)C3)cc1F. The van der Waals surface area contributed by atoms with Gasteiger partial charge >= 0.3 is 12.4 Å². The highest BCUT2D eigenvalue weighted by molar-refractivity contribution is 6.36. The Morgan fingerprint density at radius 1 is 1.10 bits per heavy atom. The number of fused-ring (bicyclic) bond motifs is 1. The minimum absolute atomic E-state index is 0.0370. The number of carbonyl (C=O) groups excluding carboxylic acids is 1. The molecule has 1 aliphatic rings. The van der Waals surface area contributed by atoms with Crippen molar-refractivity contribution >= 4 is 40.7 Å². The van der Waals surface area contributed by atoms with Crippen LogP contribution < -0.4 is 20.7 Å². The molecule has 0 atom stereocenters. The van der Waals surface area contributed by atoms with Crippen LogP contribution in [0.2, 0.25) is 10.0 Å². The van der Waals surface area contributed by atoms with Crippen molar-refractivity contribution in [2.75, 3.05) is 16.8 Å². The molecule has 4 aromatic rings. The third-order valence-electron chi connectivity index (χ3n) is 6.01. The van der Waals surface area contributed by atoms with Crippen LogP contribution in [-0.4, -0.2) is 33.7 Å². The first-order chi connectivity index (χ1) is 18.9. The van der Waals surface area contributed by atoms with Gasteiger partial charge in [0.15, 0.2) is 5.75 Å². The van der Waals surface area contributed by atoms with E-state index in [9.17, 15) is 22.4 Å². The molecule has 40 heavy (non-hydrogen) atoms. The lowest BCUT2D eigenvalue weighted by Gasteiger charge is -2.28. The van der Waals surface area contributed by atoms with Crippen LogP contribution in [0.1, 0.15) is 11.3 Å². The summed E-state index contributed by atoms with van der Waals surface area (Å²) in [7, 11) is 0. The van der Waals surface area contributed by atoms with E-state index in [0.717, 1.165) is 22.9 Å². The second kappa shape index (κ2) is 10.5. The number of rotatable bonds is 5. The molecule has 0 saturated carbocycles. The van der Waals surface area contributed by atoms with Gasteiger partial charge < -0.3 is 20.7 Å². The molecule has 3 heterocycles. The summed E-state index contributed by atoms with van der Waals surface area (Å²) < 4.78 is 75.5. The third kappa shape index (κ3) is 5.47. The maximum absolute atomic E-state index is 15.5. The Hall–Kier alpha value is -4.10. The molecule has 0 bridgehead atoms. The van der Waals surface area contributed by atoms with Crippen molar-refractivity contribution in [2.45, 2.75) is 19.3 Å². The van der Waals surface area contributed by atoms with Gasteiger partial charge in [-0.05, 0) is 24.3 Å². The Labute approximate surface area is 233 Å². The number of carbonyl (C=O) groups is 1.